The Morgan fingerprint density at radius 1 is 1.29 bits per heavy atom. The fourth-order valence-electron chi connectivity index (χ4n) is 1.60. The number of benzene rings is 1. The van der Waals surface area contributed by atoms with Crippen molar-refractivity contribution >= 4 is 11.6 Å². The van der Waals surface area contributed by atoms with Gasteiger partial charge in [-0.15, -0.1) is 11.6 Å². The number of alkyl halides is 1. The van der Waals surface area contributed by atoms with Gasteiger partial charge >= 0.3 is 0 Å². The molecular formula is C14H14ClNO. The van der Waals surface area contributed by atoms with E-state index in [1.807, 2.05) is 37.3 Å². The van der Waals surface area contributed by atoms with Gasteiger partial charge in [0.1, 0.15) is 12.4 Å². The fraction of sp³-hybridized carbons (Fsp3) is 0.214. The molecule has 0 aliphatic carbocycles. The van der Waals surface area contributed by atoms with Crippen LogP contribution in [0.5, 0.6) is 5.75 Å². The number of pyridine rings is 1. The Kier molecular flexibility index (Phi) is 3.99. The van der Waals surface area contributed by atoms with Gasteiger partial charge in [0.15, 0.2) is 0 Å². The number of ether oxygens (including phenoxy) is 1. The topological polar surface area (TPSA) is 22.1 Å². The Hall–Kier alpha value is -1.54. The normalized spacial score (nSPS) is 10.2. The van der Waals surface area contributed by atoms with Crippen molar-refractivity contribution in [1.82, 2.24) is 4.98 Å². The second-order valence-electron chi connectivity index (χ2n) is 3.89. The summed E-state index contributed by atoms with van der Waals surface area (Å²) in [5.74, 6) is 1.30. The molecule has 0 N–H and O–H groups in total. The summed E-state index contributed by atoms with van der Waals surface area (Å²) >= 11 is 5.89. The molecule has 0 bridgehead atoms. The summed E-state index contributed by atoms with van der Waals surface area (Å²) in [6.45, 7) is 2.56. The predicted octanol–water partition coefficient (Wildman–Crippen LogP) is 3.71. The molecule has 88 valence electrons. The third-order valence-electron chi connectivity index (χ3n) is 2.48. The van der Waals surface area contributed by atoms with Crippen molar-refractivity contribution in [2.75, 3.05) is 0 Å². The summed E-state index contributed by atoms with van der Waals surface area (Å²) in [6.07, 6.45) is 3.55. The summed E-state index contributed by atoms with van der Waals surface area (Å²) in [6, 6.07) is 9.92. The third kappa shape index (κ3) is 3.21. The summed E-state index contributed by atoms with van der Waals surface area (Å²) < 4.78 is 5.74. The molecule has 17 heavy (non-hydrogen) atoms. The molecule has 1 aromatic heterocycles. The fourth-order valence-corrected chi connectivity index (χ4v) is 1.81. The zero-order valence-electron chi connectivity index (χ0n) is 9.69. The van der Waals surface area contributed by atoms with Gasteiger partial charge in [-0.1, -0.05) is 23.8 Å². The molecule has 0 aliphatic rings. The maximum atomic E-state index is 5.89. The van der Waals surface area contributed by atoms with Crippen molar-refractivity contribution in [1.29, 1.82) is 0 Å². The quantitative estimate of drug-likeness (QED) is 0.769. The molecule has 0 spiro atoms. The first-order chi connectivity index (χ1) is 8.29. The van der Waals surface area contributed by atoms with Crippen molar-refractivity contribution in [3.63, 3.8) is 0 Å². The van der Waals surface area contributed by atoms with Crippen LogP contribution in [0.1, 0.15) is 16.7 Å². The van der Waals surface area contributed by atoms with E-state index in [0.29, 0.717) is 12.5 Å². The van der Waals surface area contributed by atoms with E-state index in [1.54, 1.807) is 12.4 Å². The predicted molar refractivity (Wildman–Crippen MR) is 69.3 cm³/mol. The molecule has 0 aliphatic heterocycles. The lowest BCUT2D eigenvalue weighted by Gasteiger charge is -2.10. The smallest absolute Gasteiger partial charge is 0.124 e. The van der Waals surface area contributed by atoms with E-state index < -0.39 is 0 Å². The minimum absolute atomic E-state index is 0.462. The SMILES string of the molecule is Cc1ccc(OCc2cccnc2)c(CCl)c1. The van der Waals surface area contributed by atoms with Gasteiger partial charge in [0.25, 0.3) is 0 Å². The number of halogens is 1. The van der Waals surface area contributed by atoms with Crippen LogP contribution in [0.3, 0.4) is 0 Å². The molecule has 2 rings (SSSR count). The Morgan fingerprint density at radius 3 is 2.88 bits per heavy atom. The van der Waals surface area contributed by atoms with Gasteiger partial charge in [0.2, 0.25) is 0 Å². The Bertz CT molecular complexity index is 485. The summed E-state index contributed by atoms with van der Waals surface area (Å²) in [7, 11) is 0. The van der Waals surface area contributed by atoms with Crippen LogP contribution < -0.4 is 4.74 Å². The zero-order valence-corrected chi connectivity index (χ0v) is 10.4. The van der Waals surface area contributed by atoms with E-state index in [2.05, 4.69) is 4.98 Å². The monoisotopic (exact) mass is 247 g/mol. The van der Waals surface area contributed by atoms with Gasteiger partial charge in [-0.05, 0) is 19.1 Å². The molecule has 2 nitrogen and oxygen atoms in total. The van der Waals surface area contributed by atoms with E-state index in [-0.39, 0.29) is 0 Å². The molecule has 0 saturated heterocycles. The Morgan fingerprint density at radius 2 is 2.18 bits per heavy atom. The molecule has 1 heterocycles. The summed E-state index contributed by atoms with van der Waals surface area (Å²) in [4.78, 5) is 4.05. The van der Waals surface area contributed by atoms with Crippen molar-refractivity contribution in [2.45, 2.75) is 19.4 Å². The molecule has 1 aromatic carbocycles. The minimum Gasteiger partial charge on any atom is -0.489 e. The highest BCUT2D eigenvalue weighted by Crippen LogP contribution is 2.22. The lowest BCUT2D eigenvalue weighted by atomic mass is 10.1. The van der Waals surface area contributed by atoms with Crippen molar-refractivity contribution < 1.29 is 4.74 Å². The van der Waals surface area contributed by atoms with E-state index in [0.717, 1.165) is 16.9 Å². The average Bonchev–Trinajstić information content (AvgIpc) is 2.38. The molecular weight excluding hydrogens is 234 g/mol. The molecule has 2 aromatic rings. The first-order valence-electron chi connectivity index (χ1n) is 5.47. The van der Waals surface area contributed by atoms with Gasteiger partial charge < -0.3 is 4.74 Å². The van der Waals surface area contributed by atoms with E-state index >= 15 is 0 Å². The van der Waals surface area contributed by atoms with Crippen LogP contribution >= 0.6 is 11.6 Å². The van der Waals surface area contributed by atoms with Crippen molar-refractivity contribution in [3.8, 4) is 5.75 Å². The number of hydrogen-bond donors (Lipinski definition) is 0. The van der Waals surface area contributed by atoms with E-state index in [9.17, 15) is 0 Å². The molecule has 0 atom stereocenters. The van der Waals surface area contributed by atoms with Gasteiger partial charge in [-0.25, -0.2) is 0 Å². The van der Waals surface area contributed by atoms with E-state index in [4.69, 9.17) is 16.3 Å². The third-order valence-corrected chi connectivity index (χ3v) is 2.77. The van der Waals surface area contributed by atoms with Gasteiger partial charge in [0, 0.05) is 23.5 Å². The number of rotatable bonds is 4. The highest BCUT2D eigenvalue weighted by atomic mass is 35.5. The van der Waals surface area contributed by atoms with Crippen molar-refractivity contribution in [2.24, 2.45) is 0 Å². The highest BCUT2D eigenvalue weighted by Gasteiger charge is 2.03. The second-order valence-corrected chi connectivity index (χ2v) is 4.16. The number of nitrogens with zero attached hydrogens (tertiary/aromatic N) is 1. The number of aromatic nitrogens is 1. The highest BCUT2D eigenvalue weighted by molar-refractivity contribution is 6.17. The van der Waals surface area contributed by atoms with Gasteiger partial charge in [-0.3, -0.25) is 4.98 Å². The van der Waals surface area contributed by atoms with Crippen LogP contribution in [0.15, 0.2) is 42.7 Å². The van der Waals surface area contributed by atoms with Crippen molar-refractivity contribution in [3.05, 3.63) is 59.4 Å². The Balaban J connectivity index is 2.09. The molecule has 0 fully saturated rings. The molecule has 0 saturated carbocycles. The number of hydrogen-bond acceptors (Lipinski definition) is 2. The van der Waals surface area contributed by atoms with Crippen LogP contribution in [0.4, 0.5) is 0 Å². The summed E-state index contributed by atoms with van der Waals surface area (Å²) in [5.41, 5.74) is 3.26. The lowest BCUT2D eigenvalue weighted by molar-refractivity contribution is 0.303. The number of aryl methyl sites for hydroxylation is 1. The van der Waals surface area contributed by atoms with Gasteiger partial charge in [-0.2, -0.15) is 0 Å². The molecule has 0 amide bonds. The van der Waals surface area contributed by atoms with Crippen LogP contribution in [0, 0.1) is 6.92 Å². The molecule has 0 unspecified atom stereocenters. The average molecular weight is 248 g/mol. The van der Waals surface area contributed by atoms with Crippen LogP contribution in [-0.2, 0) is 12.5 Å². The second kappa shape index (κ2) is 5.69. The largest absolute Gasteiger partial charge is 0.489 e. The van der Waals surface area contributed by atoms with Gasteiger partial charge in [0.05, 0.1) is 5.88 Å². The van der Waals surface area contributed by atoms with Crippen LogP contribution in [0.2, 0.25) is 0 Å². The first-order valence-corrected chi connectivity index (χ1v) is 6.00. The molecule has 0 radical (unpaired) electrons. The van der Waals surface area contributed by atoms with E-state index in [1.165, 1.54) is 5.56 Å². The maximum absolute atomic E-state index is 5.89. The summed E-state index contributed by atoms with van der Waals surface area (Å²) in [5, 5.41) is 0. The van der Waals surface area contributed by atoms with Crippen LogP contribution in [-0.4, -0.2) is 4.98 Å². The minimum atomic E-state index is 0.462. The first kappa shape index (κ1) is 11.9. The molecule has 3 heteroatoms. The Labute approximate surface area is 106 Å². The zero-order chi connectivity index (χ0) is 12.1. The maximum Gasteiger partial charge on any atom is 0.124 e. The van der Waals surface area contributed by atoms with Crippen LogP contribution in [0.25, 0.3) is 0 Å². The lowest BCUT2D eigenvalue weighted by Crippen LogP contribution is -1.98. The standard InChI is InChI=1S/C14H14ClNO/c1-11-4-5-14(13(7-11)8-15)17-10-12-3-2-6-16-9-12/h2-7,9H,8,10H2,1H3.